The molecule has 2 aliphatic rings. The fraction of sp³-hybridized carbons (Fsp3) is 0.745. The van der Waals surface area contributed by atoms with Gasteiger partial charge in [-0.2, -0.15) is 9.97 Å². The number of halogens is 1. The second kappa shape index (κ2) is 26.7. The number of amides is 1. The van der Waals surface area contributed by atoms with Crippen LogP contribution in [-0.4, -0.2) is 193 Å². The number of allylic oxidation sites excluding steroid dienone is 2. The maximum Gasteiger partial charge on any atom is 0.317 e. The number of carbonyl (C=O) groups excluding carboxylic acids is 1. The predicted octanol–water partition coefficient (Wildman–Crippen LogP) is 4.07. The smallest absolute Gasteiger partial charge is 0.317 e. The summed E-state index contributed by atoms with van der Waals surface area (Å²) in [5.74, 6) is -2.28. The number of unbranched alkanes of at least 4 members (excludes halogenated alkanes) is 2. The van der Waals surface area contributed by atoms with Crippen LogP contribution in [0.3, 0.4) is 0 Å². The molecule has 382 valence electrons. The summed E-state index contributed by atoms with van der Waals surface area (Å²) in [4.78, 5) is 78.8. The first-order valence-corrected chi connectivity index (χ1v) is 24.6. The summed E-state index contributed by atoms with van der Waals surface area (Å²) in [6, 6.07) is -1.10. The number of nitrogens with two attached hydrogens (primary N) is 1. The van der Waals surface area contributed by atoms with Crippen molar-refractivity contribution in [1.29, 1.82) is 0 Å². The Kier molecular flexibility index (Phi) is 21.8. The van der Waals surface area contributed by atoms with Gasteiger partial charge in [-0.3, -0.25) is 43.8 Å². The van der Waals surface area contributed by atoms with Crippen LogP contribution in [0.25, 0.3) is 11.2 Å². The molecule has 0 bridgehead atoms. The van der Waals surface area contributed by atoms with Crippen LogP contribution in [0.1, 0.15) is 113 Å². The molecule has 1 amide bonds. The summed E-state index contributed by atoms with van der Waals surface area (Å²) >= 11 is 0. The van der Waals surface area contributed by atoms with E-state index in [0.29, 0.717) is 125 Å². The molecule has 0 aromatic carbocycles. The van der Waals surface area contributed by atoms with Gasteiger partial charge in [0, 0.05) is 87.4 Å². The number of carboxylic acid groups (broad SMARTS) is 3. The van der Waals surface area contributed by atoms with Gasteiger partial charge in [-0.25, -0.2) is 9.37 Å². The fourth-order valence-corrected chi connectivity index (χ4v) is 9.14. The number of nitrogens with one attached hydrogen (secondary N) is 2. The standard InChI is InChI=1S/C47H80FN13O7/c1-9-33-24-58(28-40(63)64)35(11-3)26-60(30-42(67)68)36(12-4)25-59(29-41(65)66)34(10-2)23-57(33)27-39(62)51-19-16-14-15-18-50-21-38(37(49)13-5)53-44-43-45(61(31-52-43)47(6,7)8)55-46(54-44)56-20-17-32(48)22-56/h21,31-36H,9-20,22-30,49H2,1-8H3,(H,51,62)(H,63,64)(H,65,66)(H,67,68)(H,53,54,55)/t32-,33-,34-,35-,36-/m0/s1. The van der Waals surface area contributed by atoms with Gasteiger partial charge in [-0.1, -0.05) is 34.6 Å². The summed E-state index contributed by atoms with van der Waals surface area (Å²) in [6.45, 7) is 18.4. The fourth-order valence-electron chi connectivity index (χ4n) is 9.14. The third-order valence-electron chi connectivity index (χ3n) is 13.1. The van der Waals surface area contributed by atoms with Crippen LogP contribution in [0, 0.1) is 0 Å². The van der Waals surface area contributed by atoms with Crippen molar-refractivity contribution in [2.45, 2.75) is 149 Å². The van der Waals surface area contributed by atoms with Crippen LogP contribution in [0.5, 0.6) is 0 Å². The van der Waals surface area contributed by atoms with Crippen molar-refractivity contribution in [3.8, 4) is 0 Å². The van der Waals surface area contributed by atoms with E-state index in [0.717, 1.165) is 12.8 Å². The first-order chi connectivity index (χ1) is 32.3. The molecule has 0 radical (unpaired) electrons. The molecule has 0 unspecified atom stereocenters. The molecule has 2 aromatic rings. The Morgan fingerprint density at radius 1 is 0.779 bits per heavy atom. The van der Waals surface area contributed by atoms with Crippen LogP contribution in [0.2, 0.25) is 0 Å². The van der Waals surface area contributed by atoms with Gasteiger partial charge in [0.15, 0.2) is 17.0 Å². The minimum Gasteiger partial charge on any atom is -0.480 e. The van der Waals surface area contributed by atoms with Crippen molar-refractivity contribution in [1.82, 2.24) is 44.4 Å². The Morgan fingerprint density at radius 2 is 1.29 bits per heavy atom. The summed E-state index contributed by atoms with van der Waals surface area (Å²) in [6.07, 6.45) is 8.07. The number of aromatic nitrogens is 4. The average molecular weight is 958 g/mol. The topological polar surface area (TPSA) is 251 Å². The second-order valence-corrected chi connectivity index (χ2v) is 19.2. The number of fused-ring (bicyclic) bond motifs is 1. The van der Waals surface area contributed by atoms with Gasteiger partial charge < -0.3 is 41.2 Å². The Hall–Kier alpha value is -4.99. The van der Waals surface area contributed by atoms with E-state index >= 15 is 0 Å². The van der Waals surface area contributed by atoms with E-state index in [4.69, 9.17) is 15.7 Å². The molecule has 4 rings (SSSR count). The average Bonchev–Trinajstić information content (AvgIpc) is 3.93. The van der Waals surface area contributed by atoms with E-state index in [9.17, 15) is 38.9 Å². The van der Waals surface area contributed by atoms with Crippen molar-refractivity contribution in [3.05, 3.63) is 17.7 Å². The molecular formula is C47H80FN13O7. The minimum absolute atomic E-state index is 0.0478. The lowest BCUT2D eigenvalue weighted by molar-refractivity contribution is -0.143. The lowest BCUT2D eigenvalue weighted by atomic mass is 10.0. The van der Waals surface area contributed by atoms with Crippen LogP contribution in [0.15, 0.2) is 22.7 Å². The van der Waals surface area contributed by atoms with Gasteiger partial charge >= 0.3 is 17.9 Å². The zero-order valence-corrected chi connectivity index (χ0v) is 41.8. The number of aliphatic imine (C=N–C) groups is 1. The van der Waals surface area contributed by atoms with Gasteiger partial charge in [0.05, 0.1) is 44.7 Å². The lowest BCUT2D eigenvalue weighted by Crippen LogP contribution is -2.60. The highest BCUT2D eigenvalue weighted by Crippen LogP contribution is 2.30. The largest absolute Gasteiger partial charge is 0.480 e. The Bertz CT molecular complexity index is 2010. The van der Waals surface area contributed by atoms with E-state index in [1.165, 1.54) is 0 Å². The number of imidazole rings is 1. The third-order valence-corrected chi connectivity index (χ3v) is 13.1. The van der Waals surface area contributed by atoms with Crippen molar-refractivity contribution in [2.24, 2.45) is 10.7 Å². The van der Waals surface area contributed by atoms with Crippen molar-refractivity contribution >= 4 is 53.0 Å². The van der Waals surface area contributed by atoms with Gasteiger partial charge in [-0.15, -0.1) is 0 Å². The molecule has 4 heterocycles. The number of hydrogen-bond donors (Lipinski definition) is 6. The molecule has 20 nitrogen and oxygen atoms in total. The van der Waals surface area contributed by atoms with Gasteiger partial charge in [0.1, 0.15) is 6.17 Å². The Balaban J connectivity index is 1.43. The van der Waals surface area contributed by atoms with Gasteiger partial charge in [0.2, 0.25) is 11.9 Å². The van der Waals surface area contributed by atoms with E-state index in [1.54, 1.807) is 12.5 Å². The quantitative estimate of drug-likeness (QED) is 0.0679. The molecule has 5 atom stereocenters. The molecule has 2 saturated heterocycles. The van der Waals surface area contributed by atoms with E-state index < -0.39 is 24.1 Å². The molecule has 0 aliphatic carbocycles. The molecule has 2 aromatic heterocycles. The van der Waals surface area contributed by atoms with E-state index in [2.05, 4.69) is 46.3 Å². The Labute approximate surface area is 401 Å². The number of nitrogens with zero attached hydrogens (tertiary/aromatic N) is 10. The molecular weight excluding hydrogens is 878 g/mol. The van der Waals surface area contributed by atoms with Gasteiger partial charge in [0.25, 0.3) is 0 Å². The van der Waals surface area contributed by atoms with Crippen LogP contribution in [0.4, 0.5) is 16.2 Å². The van der Waals surface area contributed by atoms with Crippen LogP contribution >= 0.6 is 0 Å². The van der Waals surface area contributed by atoms with Crippen LogP contribution < -0.4 is 21.3 Å². The first-order valence-electron chi connectivity index (χ1n) is 24.6. The molecule has 68 heavy (non-hydrogen) atoms. The van der Waals surface area contributed by atoms with Crippen molar-refractivity contribution in [2.75, 3.05) is 88.8 Å². The number of rotatable bonds is 23. The van der Waals surface area contributed by atoms with Crippen LogP contribution in [-0.2, 0) is 24.7 Å². The summed E-state index contributed by atoms with van der Waals surface area (Å²) < 4.78 is 16.2. The number of anilines is 2. The van der Waals surface area contributed by atoms with E-state index in [-0.39, 0.29) is 68.3 Å². The predicted molar refractivity (Wildman–Crippen MR) is 263 cm³/mol. The normalized spacial score (nSPS) is 22.5. The highest BCUT2D eigenvalue weighted by Gasteiger charge is 2.35. The number of carbonyl (C=O) groups is 4. The number of hydrogen-bond acceptors (Lipinski definition) is 15. The second-order valence-electron chi connectivity index (χ2n) is 19.2. The minimum atomic E-state index is -1.00. The highest BCUT2D eigenvalue weighted by molar-refractivity contribution is 5.91. The van der Waals surface area contributed by atoms with Crippen molar-refractivity contribution < 1.29 is 38.9 Å². The van der Waals surface area contributed by atoms with Crippen molar-refractivity contribution in [3.63, 3.8) is 0 Å². The molecule has 7 N–H and O–H groups in total. The van der Waals surface area contributed by atoms with E-state index in [1.807, 2.05) is 58.8 Å². The zero-order valence-electron chi connectivity index (χ0n) is 41.8. The third kappa shape index (κ3) is 16.3. The first kappa shape index (κ1) is 55.6. The summed E-state index contributed by atoms with van der Waals surface area (Å²) in [5, 5.41) is 36.4. The summed E-state index contributed by atoms with van der Waals surface area (Å²) in [5.41, 5.74) is 8.55. The SMILES string of the molecule is CCC(N)=C(C=NCCCCCNC(=O)CN1C[C@H](CC)N(CC(=O)O)C[C@H](CC)N(CC(=O)O)C[C@H](CC)N(CC(=O)O)C[C@@H]1CC)Nc1nc(N2CC[C@H](F)C2)nc2c1ncn2C(C)(C)C. The number of carboxylic acids is 3. The maximum atomic E-state index is 14.3. The summed E-state index contributed by atoms with van der Waals surface area (Å²) in [7, 11) is 0. The molecule has 2 aliphatic heterocycles. The number of alkyl halides is 1. The molecule has 0 saturated carbocycles. The monoisotopic (exact) mass is 958 g/mol. The number of aliphatic carboxylic acids is 3. The molecule has 2 fully saturated rings. The Morgan fingerprint density at radius 3 is 1.74 bits per heavy atom. The lowest BCUT2D eigenvalue weighted by Gasteiger charge is -2.45. The maximum absolute atomic E-state index is 14.3. The molecule has 21 heteroatoms. The van der Waals surface area contributed by atoms with Gasteiger partial charge in [-0.05, 0) is 78.6 Å². The molecule has 0 spiro atoms. The zero-order chi connectivity index (χ0) is 50.1. The highest BCUT2D eigenvalue weighted by atomic mass is 19.1.